The third-order valence-corrected chi connectivity index (χ3v) is 9.06. The van der Waals surface area contributed by atoms with E-state index in [1.807, 2.05) is 0 Å². The van der Waals surface area contributed by atoms with Gasteiger partial charge in [-0.05, 0) is 67.9 Å². The van der Waals surface area contributed by atoms with Gasteiger partial charge in [0.05, 0.1) is 10.6 Å². The lowest BCUT2D eigenvalue weighted by Crippen LogP contribution is -2.30. The summed E-state index contributed by atoms with van der Waals surface area (Å²) in [5.74, 6) is -0.292. The summed E-state index contributed by atoms with van der Waals surface area (Å²) < 4.78 is 69.0. The second-order valence-electron chi connectivity index (χ2n) is 8.94. The zero-order chi connectivity index (χ0) is 27.1. The van der Waals surface area contributed by atoms with E-state index in [0.717, 1.165) is 9.54 Å². The highest BCUT2D eigenvalue weighted by Gasteiger charge is 2.33. The summed E-state index contributed by atoms with van der Waals surface area (Å²) in [5.41, 5.74) is 2.21. The molecular formula is C26H26FN5O4S2. The molecule has 0 fully saturated rings. The molecule has 0 saturated carbocycles. The van der Waals surface area contributed by atoms with Crippen LogP contribution in [0, 0.1) is 5.82 Å². The third-order valence-electron chi connectivity index (χ3n) is 6.46. The Morgan fingerprint density at radius 2 is 1.82 bits per heavy atom. The predicted molar refractivity (Wildman–Crippen MR) is 143 cm³/mol. The van der Waals surface area contributed by atoms with Crippen LogP contribution in [0.5, 0.6) is 0 Å². The Kier molecular flexibility index (Phi) is 6.82. The third kappa shape index (κ3) is 4.60. The smallest absolute Gasteiger partial charge is 0.271 e. The Balaban J connectivity index is 1.86. The van der Waals surface area contributed by atoms with Crippen molar-refractivity contribution in [3.63, 3.8) is 0 Å². The van der Waals surface area contributed by atoms with E-state index >= 15 is 4.39 Å². The highest BCUT2D eigenvalue weighted by molar-refractivity contribution is 7.90. The van der Waals surface area contributed by atoms with Gasteiger partial charge in [0, 0.05) is 42.3 Å². The van der Waals surface area contributed by atoms with E-state index < -0.39 is 25.9 Å². The average molecular weight is 556 g/mol. The fourth-order valence-electron chi connectivity index (χ4n) is 4.79. The highest BCUT2D eigenvalue weighted by Crippen LogP contribution is 2.42. The van der Waals surface area contributed by atoms with Crippen LogP contribution < -0.4 is 15.4 Å². The lowest BCUT2D eigenvalue weighted by atomic mass is 10.0. The van der Waals surface area contributed by atoms with Gasteiger partial charge in [0.1, 0.15) is 16.5 Å². The van der Waals surface area contributed by atoms with E-state index in [4.69, 9.17) is 5.14 Å². The topological polar surface area (TPSA) is 127 Å². The van der Waals surface area contributed by atoms with Crippen LogP contribution in [0.1, 0.15) is 17.5 Å². The molecule has 2 aromatic carbocycles. The van der Waals surface area contributed by atoms with Crippen molar-refractivity contribution in [2.24, 2.45) is 5.14 Å². The van der Waals surface area contributed by atoms with Gasteiger partial charge in [0.15, 0.2) is 0 Å². The standard InChI is InChI=1S/C26H26FN5O4S2/c1-29-16-19-14-25(22-8-2-3-9-23(22)27)32(38(35,36)21-7-4-12-30-17-21)26(19)31-13-5-6-18-10-11-20(15-24(18)31)37(28,33)34/h2-4,7-12,14-15,17,29H,5-6,13,16H2,1H3,(H2,28,33,34). The number of anilines is 2. The molecule has 0 unspecified atom stereocenters. The van der Waals surface area contributed by atoms with Gasteiger partial charge in [-0.2, -0.15) is 0 Å². The first kappa shape index (κ1) is 26.0. The highest BCUT2D eigenvalue weighted by atomic mass is 32.2. The van der Waals surface area contributed by atoms with Crippen molar-refractivity contribution in [2.45, 2.75) is 29.2 Å². The number of aromatic nitrogens is 2. The van der Waals surface area contributed by atoms with Crippen LogP contribution in [0.2, 0.25) is 0 Å². The lowest BCUT2D eigenvalue weighted by molar-refractivity contribution is 0.585. The molecule has 0 radical (unpaired) electrons. The summed E-state index contributed by atoms with van der Waals surface area (Å²) in [4.78, 5) is 5.61. The Morgan fingerprint density at radius 1 is 1.03 bits per heavy atom. The summed E-state index contributed by atoms with van der Waals surface area (Å²) in [6.45, 7) is 0.675. The van der Waals surface area contributed by atoms with E-state index in [0.29, 0.717) is 30.6 Å². The Labute approximate surface area is 220 Å². The number of nitrogens with two attached hydrogens (primary N) is 1. The first-order chi connectivity index (χ1) is 18.1. The first-order valence-corrected chi connectivity index (χ1v) is 14.8. The average Bonchev–Trinajstić information content (AvgIpc) is 3.28. The van der Waals surface area contributed by atoms with E-state index in [1.54, 1.807) is 30.1 Å². The van der Waals surface area contributed by atoms with Gasteiger partial charge in [-0.15, -0.1) is 0 Å². The molecule has 0 spiro atoms. The monoisotopic (exact) mass is 555 g/mol. The Bertz CT molecular complexity index is 1720. The van der Waals surface area contributed by atoms with Crippen LogP contribution in [0.3, 0.4) is 0 Å². The summed E-state index contributed by atoms with van der Waals surface area (Å²) in [6.07, 6.45) is 4.07. The van der Waals surface area contributed by atoms with Crippen LogP contribution in [-0.4, -0.2) is 39.4 Å². The van der Waals surface area contributed by atoms with Crippen LogP contribution in [-0.2, 0) is 33.0 Å². The number of hydrogen-bond acceptors (Lipinski definition) is 7. The summed E-state index contributed by atoms with van der Waals surface area (Å²) in [7, 11) is -6.56. The molecule has 38 heavy (non-hydrogen) atoms. The fraction of sp³-hybridized carbons (Fsp3) is 0.192. The normalized spacial score (nSPS) is 13.9. The van der Waals surface area contributed by atoms with Crippen LogP contribution in [0.25, 0.3) is 11.3 Å². The molecule has 1 aliphatic rings. The number of aryl methyl sites for hydroxylation is 1. The van der Waals surface area contributed by atoms with Crippen molar-refractivity contribution in [3.05, 3.63) is 90.0 Å². The molecule has 3 heterocycles. The molecule has 9 nitrogen and oxygen atoms in total. The van der Waals surface area contributed by atoms with E-state index in [9.17, 15) is 16.8 Å². The van der Waals surface area contributed by atoms with E-state index in [1.165, 1.54) is 54.9 Å². The van der Waals surface area contributed by atoms with Gasteiger partial charge in [0.2, 0.25) is 10.0 Å². The van der Waals surface area contributed by atoms with Crippen LogP contribution in [0.4, 0.5) is 15.9 Å². The van der Waals surface area contributed by atoms with Gasteiger partial charge < -0.3 is 10.2 Å². The van der Waals surface area contributed by atoms with Crippen LogP contribution >= 0.6 is 0 Å². The van der Waals surface area contributed by atoms with Gasteiger partial charge in [-0.1, -0.05) is 18.2 Å². The zero-order valence-corrected chi connectivity index (χ0v) is 22.1. The number of nitrogens with zero attached hydrogens (tertiary/aromatic N) is 3. The van der Waals surface area contributed by atoms with Crippen molar-refractivity contribution in [2.75, 3.05) is 18.5 Å². The number of rotatable bonds is 7. The Hall–Kier alpha value is -3.58. The molecule has 198 valence electrons. The second kappa shape index (κ2) is 9.95. The van der Waals surface area contributed by atoms with Crippen molar-refractivity contribution >= 4 is 31.6 Å². The number of sulfonamides is 1. The number of fused-ring (bicyclic) bond motifs is 1. The lowest BCUT2D eigenvalue weighted by Gasteiger charge is -2.33. The van der Waals surface area contributed by atoms with Crippen molar-refractivity contribution in [1.29, 1.82) is 0 Å². The maximum atomic E-state index is 15.1. The maximum Gasteiger partial charge on any atom is 0.271 e. The fourth-order valence-corrected chi connectivity index (χ4v) is 6.83. The molecular weight excluding hydrogens is 529 g/mol. The summed E-state index contributed by atoms with van der Waals surface area (Å²) in [5, 5.41) is 8.48. The minimum atomic E-state index is -4.28. The molecule has 0 saturated heterocycles. The predicted octanol–water partition coefficient (Wildman–Crippen LogP) is 3.38. The minimum Gasteiger partial charge on any atom is -0.326 e. The van der Waals surface area contributed by atoms with Crippen molar-refractivity contribution in [3.8, 4) is 11.3 Å². The molecule has 4 aromatic rings. The zero-order valence-electron chi connectivity index (χ0n) is 20.5. The number of pyridine rings is 1. The van der Waals surface area contributed by atoms with Gasteiger partial charge in [-0.25, -0.2) is 30.3 Å². The molecule has 5 rings (SSSR count). The second-order valence-corrected chi connectivity index (χ2v) is 12.3. The van der Waals surface area contributed by atoms with Gasteiger partial charge >= 0.3 is 0 Å². The minimum absolute atomic E-state index is 0.0685. The number of hydrogen-bond donors (Lipinski definition) is 2. The Morgan fingerprint density at radius 3 is 2.50 bits per heavy atom. The van der Waals surface area contributed by atoms with E-state index in [-0.39, 0.29) is 33.4 Å². The quantitative estimate of drug-likeness (QED) is 0.358. The number of halogens is 1. The summed E-state index contributed by atoms with van der Waals surface area (Å²) in [6, 6.07) is 15.2. The van der Waals surface area contributed by atoms with E-state index in [2.05, 4.69) is 10.3 Å². The van der Waals surface area contributed by atoms with Gasteiger partial charge in [0.25, 0.3) is 10.0 Å². The molecule has 2 aromatic heterocycles. The first-order valence-electron chi connectivity index (χ1n) is 11.9. The number of nitrogens with one attached hydrogen (secondary N) is 1. The SMILES string of the molecule is CNCc1cc(-c2ccccc2F)n(S(=O)(=O)c2cccnc2)c1N1CCCc2ccc(S(N)(=O)=O)cc21. The van der Waals surface area contributed by atoms with Crippen molar-refractivity contribution < 1.29 is 21.2 Å². The summed E-state index contributed by atoms with van der Waals surface area (Å²) >= 11 is 0. The van der Waals surface area contributed by atoms with Gasteiger partial charge in [-0.3, -0.25) is 4.98 Å². The molecule has 0 bridgehead atoms. The largest absolute Gasteiger partial charge is 0.326 e. The number of benzene rings is 2. The molecule has 0 aliphatic carbocycles. The maximum absolute atomic E-state index is 15.1. The molecule has 12 heteroatoms. The number of primary sulfonamides is 1. The molecule has 1 aliphatic heterocycles. The molecule has 0 amide bonds. The molecule has 0 atom stereocenters. The van der Waals surface area contributed by atoms with Crippen molar-refractivity contribution in [1.82, 2.24) is 14.3 Å². The molecule has 3 N–H and O–H groups in total. The van der Waals surface area contributed by atoms with Crippen LogP contribution in [0.15, 0.2) is 82.8 Å².